The third-order valence-corrected chi connectivity index (χ3v) is 5.85. The molecular formula is C15H20ClN3OS. The number of nitrogens with one attached hydrogen (secondary N) is 1. The van der Waals surface area contributed by atoms with Crippen molar-refractivity contribution in [3.8, 4) is 6.07 Å². The molecule has 0 spiro atoms. The molecule has 2 N–H and O–H groups in total. The molecule has 2 unspecified atom stereocenters. The minimum atomic E-state index is -0.175. The summed E-state index contributed by atoms with van der Waals surface area (Å²) in [6, 6.07) is 5.02. The Bertz CT molecular complexity index is 564. The van der Waals surface area contributed by atoms with E-state index in [1.54, 1.807) is 11.3 Å². The number of anilines is 1. The monoisotopic (exact) mass is 325 g/mol. The van der Waals surface area contributed by atoms with E-state index in [1.807, 2.05) is 6.07 Å². The van der Waals surface area contributed by atoms with Crippen LogP contribution in [0.2, 0.25) is 4.34 Å². The molecule has 0 radical (unpaired) electrons. The standard InChI is InChI=1S/C15H20ClN3OS/c1-10-7-19(8-12(18-10)15(9-17)3-4-15)14-11(2-5-20)6-13(16)21-14/h6,10,12,18,20H,2-5,7-8H2,1H3. The van der Waals surface area contributed by atoms with Crippen molar-refractivity contribution in [1.29, 1.82) is 5.26 Å². The molecule has 6 heteroatoms. The van der Waals surface area contributed by atoms with E-state index in [-0.39, 0.29) is 18.1 Å². The van der Waals surface area contributed by atoms with Crippen molar-refractivity contribution in [2.24, 2.45) is 5.41 Å². The fourth-order valence-corrected chi connectivity index (χ4v) is 4.51. The molecule has 1 aliphatic heterocycles. The lowest BCUT2D eigenvalue weighted by Crippen LogP contribution is -2.58. The van der Waals surface area contributed by atoms with Gasteiger partial charge in [-0.3, -0.25) is 0 Å². The Labute approximate surface area is 134 Å². The highest BCUT2D eigenvalue weighted by Gasteiger charge is 2.52. The van der Waals surface area contributed by atoms with Gasteiger partial charge in [0.15, 0.2) is 0 Å². The topological polar surface area (TPSA) is 59.3 Å². The normalized spacial score (nSPS) is 27.4. The number of aliphatic hydroxyl groups excluding tert-OH is 1. The summed E-state index contributed by atoms with van der Waals surface area (Å²) >= 11 is 7.74. The van der Waals surface area contributed by atoms with Crippen LogP contribution in [0.4, 0.5) is 5.00 Å². The molecule has 2 aliphatic rings. The third kappa shape index (κ3) is 2.91. The van der Waals surface area contributed by atoms with Gasteiger partial charge in [-0.25, -0.2) is 0 Å². The fraction of sp³-hybridized carbons (Fsp3) is 0.667. The van der Waals surface area contributed by atoms with Gasteiger partial charge in [-0.15, -0.1) is 11.3 Å². The van der Waals surface area contributed by atoms with Crippen LogP contribution in [0.1, 0.15) is 25.3 Å². The maximum Gasteiger partial charge on any atom is 0.0958 e. The summed E-state index contributed by atoms with van der Waals surface area (Å²) in [5, 5.41) is 23.4. The predicted molar refractivity (Wildman–Crippen MR) is 86.0 cm³/mol. The maximum absolute atomic E-state index is 9.43. The minimum Gasteiger partial charge on any atom is -0.396 e. The Kier molecular flexibility index (Phi) is 4.15. The van der Waals surface area contributed by atoms with Crippen molar-refractivity contribution in [3.05, 3.63) is 16.0 Å². The van der Waals surface area contributed by atoms with Gasteiger partial charge in [-0.1, -0.05) is 11.6 Å². The Morgan fingerprint density at radius 1 is 1.57 bits per heavy atom. The van der Waals surface area contributed by atoms with Gasteiger partial charge in [0.2, 0.25) is 0 Å². The van der Waals surface area contributed by atoms with Crippen LogP contribution in [0.5, 0.6) is 0 Å². The van der Waals surface area contributed by atoms with Crippen molar-refractivity contribution >= 4 is 27.9 Å². The average Bonchev–Trinajstić information content (AvgIpc) is 3.17. The fourth-order valence-electron chi connectivity index (χ4n) is 3.20. The zero-order valence-corrected chi connectivity index (χ0v) is 13.7. The van der Waals surface area contributed by atoms with Gasteiger partial charge in [0.1, 0.15) is 0 Å². The lowest BCUT2D eigenvalue weighted by atomic mass is 9.94. The second-order valence-corrected chi connectivity index (χ2v) is 7.81. The van der Waals surface area contributed by atoms with Gasteiger partial charge in [0, 0.05) is 31.8 Å². The van der Waals surface area contributed by atoms with Gasteiger partial charge in [0.05, 0.1) is 20.8 Å². The Balaban J connectivity index is 1.83. The number of piperazine rings is 1. The highest BCUT2D eigenvalue weighted by atomic mass is 35.5. The second-order valence-electron chi connectivity index (χ2n) is 6.15. The number of hydrogen-bond acceptors (Lipinski definition) is 5. The van der Waals surface area contributed by atoms with Gasteiger partial charge in [0.25, 0.3) is 0 Å². The van der Waals surface area contributed by atoms with Crippen LogP contribution < -0.4 is 10.2 Å². The molecule has 1 saturated heterocycles. The van der Waals surface area contributed by atoms with Crippen LogP contribution in [-0.2, 0) is 6.42 Å². The summed E-state index contributed by atoms with van der Waals surface area (Å²) in [7, 11) is 0. The highest BCUT2D eigenvalue weighted by Crippen LogP contribution is 2.49. The molecule has 2 atom stereocenters. The first-order valence-electron chi connectivity index (χ1n) is 7.39. The quantitative estimate of drug-likeness (QED) is 0.892. The maximum atomic E-state index is 9.43. The van der Waals surface area contributed by atoms with Crippen LogP contribution in [0.15, 0.2) is 6.07 Å². The summed E-state index contributed by atoms with van der Waals surface area (Å²) < 4.78 is 0.762. The van der Waals surface area contributed by atoms with Crippen LogP contribution in [0, 0.1) is 16.7 Å². The molecule has 114 valence electrons. The van der Waals surface area contributed by atoms with Crippen LogP contribution in [0.3, 0.4) is 0 Å². The van der Waals surface area contributed by atoms with Gasteiger partial charge < -0.3 is 15.3 Å². The van der Waals surface area contributed by atoms with Crippen LogP contribution in [-0.4, -0.2) is 36.9 Å². The molecule has 2 fully saturated rings. The predicted octanol–water partition coefficient (Wildman–Crippen LogP) is 2.41. The molecule has 4 nitrogen and oxygen atoms in total. The highest BCUT2D eigenvalue weighted by molar-refractivity contribution is 7.20. The zero-order valence-electron chi connectivity index (χ0n) is 12.1. The van der Waals surface area contributed by atoms with E-state index >= 15 is 0 Å². The molecule has 1 aliphatic carbocycles. The van der Waals surface area contributed by atoms with Crippen LogP contribution >= 0.6 is 22.9 Å². The largest absolute Gasteiger partial charge is 0.396 e. The molecule has 0 aromatic carbocycles. The van der Waals surface area contributed by atoms with E-state index in [0.29, 0.717) is 12.5 Å². The Morgan fingerprint density at radius 2 is 2.33 bits per heavy atom. The number of aliphatic hydroxyl groups is 1. The van der Waals surface area contributed by atoms with E-state index < -0.39 is 0 Å². The number of rotatable bonds is 4. The van der Waals surface area contributed by atoms with Crippen molar-refractivity contribution in [3.63, 3.8) is 0 Å². The molecule has 1 saturated carbocycles. The van der Waals surface area contributed by atoms with Crippen molar-refractivity contribution < 1.29 is 5.11 Å². The summed E-state index contributed by atoms with van der Waals surface area (Å²) in [6.45, 7) is 4.04. The molecule has 21 heavy (non-hydrogen) atoms. The lowest BCUT2D eigenvalue weighted by molar-refractivity contribution is 0.299. The molecule has 1 aromatic rings. The smallest absolute Gasteiger partial charge is 0.0958 e. The Hall–Kier alpha value is -0.800. The average molecular weight is 326 g/mol. The zero-order chi connectivity index (χ0) is 15.0. The van der Waals surface area contributed by atoms with E-state index in [9.17, 15) is 10.4 Å². The SMILES string of the molecule is CC1CN(c2sc(Cl)cc2CCO)CC(C2(C#N)CC2)N1. The number of nitrogens with zero attached hydrogens (tertiary/aromatic N) is 2. The van der Waals surface area contributed by atoms with Crippen LogP contribution in [0.25, 0.3) is 0 Å². The molecule has 0 amide bonds. The lowest BCUT2D eigenvalue weighted by Gasteiger charge is -2.40. The number of thiophene rings is 1. The summed E-state index contributed by atoms with van der Waals surface area (Å²) in [5.41, 5.74) is 0.938. The first-order valence-corrected chi connectivity index (χ1v) is 8.59. The van der Waals surface area contributed by atoms with Gasteiger partial charge >= 0.3 is 0 Å². The minimum absolute atomic E-state index is 0.132. The summed E-state index contributed by atoms with van der Waals surface area (Å²) in [5.74, 6) is 0. The van der Waals surface area contributed by atoms with E-state index in [0.717, 1.165) is 40.8 Å². The van der Waals surface area contributed by atoms with Crippen molar-refractivity contribution in [1.82, 2.24) is 5.32 Å². The van der Waals surface area contributed by atoms with Gasteiger partial charge in [-0.05, 0) is 37.8 Å². The second kappa shape index (κ2) is 5.77. The number of nitriles is 1. The molecule has 0 bridgehead atoms. The molecule has 2 heterocycles. The first-order chi connectivity index (χ1) is 10.1. The van der Waals surface area contributed by atoms with Gasteiger partial charge in [-0.2, -0.15) is 5.26 Å². The number of halogens is 1. The van der Waals surface area contributed by atoms with E-state index in [4.69, 9.17) is 11.6 Å². The summed E-state index contributed by atoms with van der Waals surface area (Å²) in [6.07, 6.45) is 2.62. The molecular weight excluding hydrogens is 306 g/mol. The first kappa shape index (κ1) is 15.1. The molecule has 3 rings (SSSR count). The summed E-state index contributed by atoms with van der Waals surface area (Å²) in [4.78, 5) is 2.34. The van der Waals surface area contributed by atoms with Crippen molar-refractivity contribution in [2.45, 2.75) is 38.3 Å². The van der Waals surface area contributed by atoms with E-state index in [2.05, 4.69) is 23.2 Å². The molecule has 1 aromatic heterocycles. The Morgan fingerprint density at radius 3 is 2.95 bits per heavy atom. The third-order valence-electron chi connectivity index (χ3n) is 4.49. The number of hydrogen-bond donors (Lipinski definition) is 2. The van der Waals surface area contributed by atoms with E-state index in [1.165, 1.54) is 0 Å². The van der Waals surface area contributed by atoms with Crippen molar-refractivity contribution in [2.75, 3.05) is 24.6 Å².